The summed E-state index contributed by atoms with van der Waals surface area (Å²) >= 11 is 0. The normalized spacial score (nSPS) is 11.9. The molecule has 1 aromatic carbocycles. The van der Waals surface area contributed by atoms with E-state index in [4.69, 9.17) is 9.15 Å². The average molecular weight is 490 g/mol. The van der Waals surface area contributed by atoms with Gasteiger partial charge < -0.3 is 25.1 Å². The number of ether oxygens (including phenoxy) is 1. The molecule has 0 aliphatic heterocycles. The predicted octanol–water partition coefficient (Wildman–Crippen LogP) is 2.40. The van der Waals surface area contributed by atoms with Gasteiger partial charge in [0, 0.05) is 20.1 Å². The van der Waals surface area contributed by atoms with Crippen molar-refractivity contribution in [1.82, 2.24) is 16.0 Å². The molecule has 9 heteroatoms. The Hall–Kier alpha value is -2.30. The van der Waals surface area contributed by atoms with Crippen molar-refractivity contribution in [2.45, 2.75) is 13.0 Å². The minimum Gasteiger partial charge on any atom is -0.486 e. The second-order valence-corrected chi connectivity index (χ2v) is 5.47. The topological polar surface area (TPSA) is 87.9 Å². The monoisotopic (exact) mass is 490 g/mol. The van der Waals surface area contributed by atoms with Gasteiger partial charge in [-0.1, -0.05) is 12.1 Å². The third-order valence-corrected chi connectivity index (χ3v) is 3.39. The third kappa shape index (κ3) is 7.85. The van der Waals surface area contributed by atoms with E-state index in [1.165, 1.54) is 12.3 Å². The molecular weight excluding hydrogens is 466 g/mol. The fourth-order valence-corrected chi connectivity index (χ4v) is 2.11. The predicted molar refractivity (Wildman–Crippen MR) is 112 cm³/mol. The maximum atomic E-state index is 13.6. The molecule has 0 spiro atoms. The molecule has 148 valence electrons. The molecule has 1 heterocycles. The van der Waals surface area contributed by atoms with Crippen molar-refractivity contribution < 1.29 is 18.3 Å². The molecule has 1 amide bonds. The number of carbonyl (C=O) groups excluding carboxylic acids is 1. The van der Waals surface area contributed by atoms with Gasteiger partial charge >= 0.3 is 0 Å². The van der Waals surface area contributed by atoms with Crippen molar-refractivity contribution >= 4 is 35.8 Å². The van der Waals surface area contributed by atoms with Crippen molar-refractivity contribution in [3.63, 3.8) is 0 Å². The summed E-state index contributed by atoms with van der Waals surface area (Å²) in [6, 6.07) is 9.52. The number of guanidine groups is 1. The van der Waals surface area contributed by atoms with E-state index in [-0.39, 0.29) is 47.5 Å². The fourth-order valence-electron chi connectivity index (χ4n) is 2.11. The number of halogens is 2. The van der Waals surface area contributed by atoms with Gasteiger partial charge in [0.2, 0.25) is 0 Å². The minimum absolute atomic E-state index is 0. The van der Waals surface area contributed by atoms with E-state index < -0.39 is 5.82 Å². The first-order valence-electron chi connectivity index (χ1n) is 8.27. The molecule has 0 radical (unpaired) electrons. The number of hydrogen-bond donors (Lipinski definition) is 3. The Bertz CT molecular complexity index is 725. The smallest absolute Gasteiger partial charge is 0.287 e. The van der Waals surface area contributed by atoms with Gasteiger partial charge in [-0.2, -0.15) is 0 Å². The number of nitrogens with one attached hydrogen (secondary N) is 3. The molecule has 0 fully saturated rings. The van der Waals surface area contributed by atoms with Crippen LogP contribution in [0.3, 0.4) is 0 Å². The molecule has 1 atom stereocenters. The van der Waals surface area contributed by atoms with E-state index in [9.17, 15) is 9.18 Å². The van der Waals surface area contributed by atoms with Crippen molar-refractivity contribution in [2.75, 3.05) is 26.7 Å². The lowest BCUT2D eigenvalue weighted by Crippen LogP contribution is -2.44. The number of carbonyl (C=O) groups is 1. The molecule has 3 N–H and O–H groups in total. The number of aliphatic imine (C=N–C) groups is 1. The van der Waals surface area contributed by atoms with Gasteiger partial charge in [0.1, 0.15) is 6.10 Å². The van der Waals surface area contributed by atoms with Crippen LogP contribution in [-0.4, -0.2) is 44.7 Å². The summed E-state index contributed by atoms with van der Waals surface area (Å²) in [6.07, 6.45) is 1.19. The first kappa shape index (κ1) is 22.7. The molecule has 7 nitrogen and oxygen atoms in total. The first-order chi connectivity index (χ1) is 12.6. The van der Waals surface area contributed by atoms with Crippen LogP contribution in [0.4, 0.5) is 4.39 Å². The lowest BCUT2D eigenvalue weighted by atomic mass is 10.3. The molecule has 2 rings (SSSR count). The van der Waals surface area contributed by atoms with Gasteiger partial charge in [-0.3, -0.25) is 9.79 Å². The average Bonchev–Trinajstić information content (AvgIpc) is 3.17. The third-order valence-electron chi connectivity index (χ3n) is 3.39. The van der Waals surface area contributed by atoms with E-state index in [0.717, 1.165) is 0 Å². The summed E-state index contributed by atoms with van der Waals surface area (Å²) in [5, 5.41) is 8.87. The molecule has 0 bridgehead atoms. The Morgan fingerprint density at radius 1 is 1.19 bits per heavy atom. The summed E-state index contributed by atoms with van der Waals surface area (Å²) in [5.74, 6) is 0.374. The van der Waals surface area contributed by atoms with Crippen LogP contribution in [0.1, 0.15) is 17.5 Å². The molecule has 2 aromatic rings. The summed E-state index contributed by atoms with van der Waals surface area (Å²) in [5.41, 5.74) is 0. The zero-order valence-corrected chi connectivity index (χ0v) is 17.5. The number of benzene rings is 1. The molecular formula is C18H24FIN4O3. The summed E-state index contributed by atoms with van der Waals surface area (Å²) in [6.45, 7) is 3.15. The number of hydrogen-bond acceptors (Lipinski definition) is 4. The molecule has 0 aliphatic rings. The molecule has 0 aliphatic carbocycles. The standard InChI is InChI=1S/C18H23FN4O3.HI/c1-13(26-15-7-4-3-6-14(15)19)12-23-18(20-2)22-10-9-21-17(24)16-8-5-11-25-16;/h3-8,11,13H,9-10,12H2,1-2H3,(H,21,24)(H2,20,22,23);1H. The highest BCUT2D eigenvalue weighted by atomic mass is 127. The second kappa shape index (κ2) is 12.2. The molecule has 1 unspecified atom stereocenters. The van der Waals surface area contributed by atoms with Crippen LogP contribution in [0.5, 0.6) is 5.75 Å². The first-order valence-corrected chi connectivity index (χ1v) is 8.27. The van der Waals surface area contributed by atoms with Gasteiger partial charge in [0.05, 0.1) is 12.8 Å². The van der Waals surface area contributed by atoms with E-state index in [1.54, 1.807) is 37.4 Å². The Morgan fingerprint density at radius 3 is 2.59 bits per heavy atom. The Kier molecular flexibility index (Phi) is 10.2. The zero-order valence-electron chi connectivity index (χ0n) is 15.2. The number of para-hydroxylation sites is 1. The van der Waals surface area contributed by atoms with E-state index in [1.807, 2.05) is 6.92 Å². The maximum absolute atomic E-state index is 13.6. The van der Waals surface area contributed by atoms with Gasteiger partial charge in [-0.25, -0.2) is 4.39 Å². The van der Waals surface area contributed by atoms with Crippen LogP contribution in [0.15, 0.2) is 52.1 Å². The zero-order chi connectivity index (χ0) is 18.8. The highest BCUT2D eigenvalue weighted by Gasteiger charge is 2.09. The Balaban J connectivity index is 0.00000364. The van der Waals surface area contributed by atoms with Crippen molar-refractivity contribution in [2.24, 2.45) is 4.99 Å². The van der Waals surface area contributed by atoms with Gasteiger partial charge in [0.25, 0.3) is 5.91 Å². The summed E-state index contributed by atoms with van der Waals surface area (Å²) in [4.78, 5) is 15.8. The number of amides is 1. The number of furan rings is 1. The van der Waals surface area contributed by atoms with Crippen LogP contribution < -0.4 is 20.7 Å². The number of nitrogens with zero attached hydrogens (tertiary/aromatic N) is 1. The van der Waals surface area contributed by atoms with E-state index >= 15 is 0 Å². The SMILES string of the molecule is CN=C(NCCNC(=O)c1ccco1)NCC(C)Oc1ccccc1F.I. The Morgan fingerprint density at radius 2 is 1.93 bits per heavy atom. The van der Waals surface area contributed by atoms with Gasteiger partial charge in [0.15, 0.2) is 23.3 Å². The van der Waals surface area contributed by atoms with Crippen molar-refractivity contribution in [1.29, 1.82) is 0 Å². The number of rotatable bonds is 8. The van der Waals surface area contributed by atoms with Crippen molar-refractivity contribution in [3.8, 4) is 5.75 Å². The van der Waals surface area contributed by atoms with Crippen LogP contribution in [0, 0.1) is 5.82 Å². The van der Waals surface area contributed by atoms with Gasteiger partial charge in [-0.05, 0) is 31.2 Å². The minimum atomic E-state index is -0.394. The van der Waals surface area contributed by atoms with E-state index in [0.29, 0.717) is 25.6 Å². The Labute approximate surface area is 174 Å². The quantitative estimate of drug-likeness (QED) is 0.229. The highest BCUT2D eigenvalue weighted by Crippen LogP contribution is 2.16. The largest absolute Gasteiger partial charge is 0.486 e. The van der Waals surface area contributed by atoms with Crippen LogP contribution >= 0.6 is 24.0 Å². The maximum Gasteiger partial charge on any atom is 0.287 e. The molecule has 0 saturated heterocycles. The fraction of sp³-hybridized carbons (Fsp3) is 0.333. The summed E-state index contributed by atoms with van der Waals surface area (Å²) in [7, 11) is 1.64. The van der Waals surface area contributed by atoms with Crippen LogP contribution in [0.2, 0.25) is 0 Å². The summed E-state index contributed by atoms with van der Waals surface area (Å²) < 4.78 is 24.1. The molecule has 0 saturated carbocycles. The van der Waals surface area contributed by atoms with Gasteiger partial charge in [-0.15, -0.1) is 24.0 Å². The lowest BCUT2D eigenvalue weighted by molar-refractivity contribution is 0.0926. The van der Waals surface area contributed by atoms with E-state index in [2.05, 4.69) is 20.9 Å². The van der Waals surface area contributed by atoms with Crippen molar-refractivity contribution in [3.05, 3.63) is 54.2 Å². The highest BCUT2D eigenvalue weighted by molar-refractivity contribution is 14.0. The van der Waals surface area contributed by atoms with Crippen LogP contribution in [0.25, 0.3) is 0 Å². The lowest BCUT2D eigenvalue weighted by Gasteiger charge is -2.18. The van der Waals surface area contributed by atoms with Crippen LogP contribution in [-0.2, 0) is 0 Å². The molecule has 1 aromatic heterocycles. The second-order valence-electron chi connectivity index (χ2n) is 5.47. The molecule has 27 heavy (non-hydrogen) atoms.